The van der Waals surface area contributed by atoms with Crippen molar-refractivity contribution in [2.24, 2.45) is 29.6 Å². The average Bonchev–Trinajstić information content (AvgIpc) is 2.52. The van der Waals surface area contributed by atoms with Crippen LogP contribution in [-0.4, -0.2) is 13.0 Å². The fourth-order valence-corrected chi connectivity index (χ4v) is 5.40. The van der Waals surface area contributed by atoms with Crippen LogP contribution in [0.2, 0.25) is 0 Å². The van der Waals surface area contributed by atoms with Gasteiger partial charge in [0.15, 0.2) is 0 Å². The number of nitrogens with one attached hydrogen (secondary N) is 1. The Hall–Kier alpha value is -1.51. The first-order valence-electron chi connectivity index (χ1n) is 8.63. The van der Waals surface area contributed by atoms with Gasteiger partial charge in [-0.15, -0.1) is 0 Å². The molecule has 0 radical (unpaired) electrons. The molecule has 0 aliphatic heterocycles. The Labute approximate surface area is 132 Å². The third kappa shape index (κ3) is 2.51. The number of hydrogen-bond acceptors (Lipinski definition) is 2. The third-order valence-electron chi connectivity index (χ3n) is 6.16. The van der Waals surface area contributed by atoms with Gasteiger partial charge in [-0.25, -0.2) is 0 Å². The first-order valence-corrected chi connectivity index (χ1v) is 8.63. The summed E-state index contributed by atoms with van der Waals surface area (Å²) in [5.74, 6) is 4.60. The number of ether oxygens (including phenoxy) is 1. The predicted octanol–water partition coefficient (Wildman–Crippen LogP) is 3.38. The Balaban J connectivity index is 1.38. The molecule has 118 valence electrons. The van der Waals surface area contributed by atoms with Crippen molar-refractivity contribution in [2.45, 2.75) is 38.6 Å². The van der Waals surface area contributed by atoms with Crippen molar-refractivity contribution in [3.63, 3.8) is 0 Å². The summed E-state index contributed by atoms with van der Waals surface area (Å²) in [5.41, 5.74) is 1.14. The van der Waals surface area contributed by atoms with Crippen LogP contribution < -0.4 is 10.1 Å². The van der Waals surface area contributed by atoms with E-state index in [1.54, 1.807) is 7.11 Å². The van der Waals surface area contributed by atoms with Crippen LogP contribution in [0.3, 0.4) is 0 Å². The molecular formula is C19H25NO2. The fourth-order valence-electron chi connectivity index (χ4n) is 5.40. The molecule has 4 bridgehead atoms. The monoisotopic (exact) mass is 299 g/mol. The SMILES string of the molecule is COc1ccc(CNC(=O)C2C3CC4CC(C3)CC2C4)cc1. The summed E-state index contributed by atoms with van der Waals surface area (Å²) in [5, 5.41) is 3.18. The smallest absolute Gasteiger partial charge is 0.223 e. The summed E-state index contributed by atoms with van der Waals surface area (Å²) in [6, 6.07) is 7.95. The van der Waals surface area contributed by atoms with Gasteiger partial charge in [-0.2, -0.15) is 0 Å². The van der Waals surface area contributed by atoms with Gasteiger partial charge in [-0.1, -0.05) is 12.1 Å². The Morgan fingerprint density at radius 3 is 2.18 bits per heavy atom. The summed E-state index contributed by atoms with van der Waals surface area (Å²) >= 11 is 0. The molecule has 4 fully saturated rings. The van der Waals surface area contributed by atoms with Gasteiger partial charge in [-0.3, -0.25) is 4.79 Å². The second kappa shape index (κ2) is 5.60. The summed E-state index contributed by atoms with van der Waals surface area (Å²) in [6.45, 7) is 0.631. The Bertz CT molecular complexity index is 523. The highest BCUT2D eigenvalue weighted by atomic mass is 16.5. The summed E-state index contributed by atoms with van der Waals surface area (Å²) in [4.78, 5) is 12.7. The highest BCUT2D eigenvalue weighted by Gasteiger charge is 2.50. The van der Waals surface area contributed by atoms with Crippen LogP contribution in [0.25, 0.3) is 0 Å². The molecule has 0 heterocycles. The van der Waals surface area contributed by atoms with Crippen molar-refractivity contribution in [2.75, 3.05) is 7.11 Å². The van der Waals surface area contributed by atoms with Crippen LogP contribution in [0.1, 0.15) is 37.7 Å². The number of amides is 1. The predicted molar refractivity (Wildman–Crippen MR) is 85.4 cm³/mol. The standard InChI is InChI=1S/C19H25NO2/c1-22-17-4-2-12(3-5-17)11-20-19(21)18-15-7-13-6-14(9-15)10-16(18)8-13/h2-5,13-16,18H,6-11H2,1H3,(H,20,21). The van der Waals surface area contributed by atoms with Crippen molar-refractivity contribution >= 4 is 5.91 Å². The van der Waals surface area contributed by atoms with E-state index in [2.05, 4.69) is 5.32 Å². The first-order chi connectivity index (χ1) is 10.7. The Kier molecular flexibility index (Phi) is 3.59. The van der Waals surface area contributed by atoms with Gasteiger partial charge in [0.05, 0.1) is 7.11 Å². The quantitative estimate of drug-likeness (QED) is 0.925. The highest BCUT2D eigenvalue weighted by molar-refractivity contribution is 5.79. The highest BCUT2D eigenvalue weighted by Crippen LogP contribution is 2.56. The molecule has 0 saturated heterocycles. The molecule has 0 unspecified atom stereocenters. The summed E-state index contributed by atoms with van der Waals surface area (Å²) < 4.78 is 5.17. The van der Waals surface area contributed by atoms with Gasteiger partial charge in [-0.05, 0) is 73.5 Å². The molecule has 0 atom stereocenters. The number of carbonyl (C=O) groups excluding carboxylic acids is 1. The molecule has 1 aromatic rings. The van der Waals surface area contributed by atoms with Crippen molar-refractivity contribution in [1.82, 2.24) is 5.32 Å². The van der Waals surface area contributed by atoms with E-state index in [4.69, 9.17) is 4.74 Å². The zero-order valence-electron chi connectivity index (χ0n) is 13.3. The number of rotatable bonds is 4. The second-order valence-corrected chi connectivity index (χ2v) is 7.52. The van der Waals surface area contributed by atoms with Gasteiger partial charge in [0, 0.05) is 12.5 Å². The van der Waals surface area contributed by atoms with E-state index in [1.807, 2.05) is 24.3 Å². The molecule has 22 heavy (non-hydrogen) atoms. The maximum absolute atomic E-state index is 12.7. The normalized spacial score (nSPS) is 35.4. The summed E-state index contributed by atoms with van der Waals surface area (Å²) in [7, 11) is 1.67. The van der Waals surface area contributed by atoms with Gasteiger partial charge < -0.3 is 10.1 Å². The molecule has 3 nitrogen and oxygen atoms in total. The minimum Gasteiger partial charge on any atom is -0.497 e. The van der Waals surface area contributed by atoms with E-state index >= 15 is 0 Å². The minimum atomic E-state index is 0.283. The molecule has 4 aliphatic carbocycles. The average molecular weight is 299 g/mol. The minimum absolute atomic E-state index is 0.283. The van der Waals surface area contributed by atoms with Crippen LogP contribution in [-0.2, 0) is 11.3 Å². The lowest BCUT2D eigenvalue weighted by atomic mass is 9.51. The van der Waals surface area contributed by atoms with E-state index in [0.717, 1.165) is 23.1 Å². The Morgan fingerprint density at radius 2 is 1.64 bits per heavy atom. The molecule has 0 aromatic heterocycles. The van der Waals surface area contributed by atoms with Gasteiger partial charge >= 0.3 is 0 Å². The van der Waals surface area contributed by atoms with Crippen LogP contribution in [0.15, 0.2) is 24.3 Å². The molecule has 5 rings (SSSR count). The van der Waals surface area contributed by atoms with Crippen LogP contribution >= 0.6 is 0 Å². The van der Waals surface area contributed by atoms with E-state index in [1.165, 1.54) is 32.1 Å². The zero-order chi connectivity index (χ0) is 15.1. The lowest BCUT2D eigenvalue weighted by Crippen LogP contribution is -2.50. The van der Waals surface area contributed by atoms with Crippen molar-refractivity contribution < 1.29 is 9.53 Å². The van der Waals surface area contributed by atoms with Gasteiger partial charge in [0.1, 0.15) is 5.75 Å². The molecule has 1 aromatic carbocycles. The maximum atomic E-state index is 12.7. The molecule has 4 aliphatic rings. The van der Waals surface area contributed by atoms with Crippen molar-refractivity contribution in [3.8, 4) is 5.75 Å². The van der Waals surface area contributed by atoms with Crippen LogP contribution in [0.5, 0.6) is 5.75 Å². The van der Waals surface area contributed by atoms with Crippen LogP contribution in [0.4, 0.5) is 0 Å². The topological polar surface area (TPSA) is 38.3 Å². The van der Waals surface area contributed by atoms with Gasteiger partial charge in [0.25, 0.3) is 0 Å². The van der Waals surface area contributed by atoms with Crippen molar-refractivity contribution in [1.29, 1.82) is 0 Å². The molecule has 4 saturated carbocycles. The largest absolute Gasteiger partial charge is 0.497 e. The molecule has 1 N–H and O–H groups in total. The number of carbonyl (C=O) groups is 1. The molecule has 0 spiro atoms. The molecular weight excluding hydrogens is 274 g/mol. The van der Waals surface area contributed by atoms with Gasteiger partial charge in [0.2, 0.25) is 5.91 Å². The fraction of sp³-hybridized carbons (Fsp3) is 0.632. The lowest BCUT2D eigenvalue weighted by molar-refractivity contribution is -0.138. The third-order valence-corrected chi connectivity index (χ3v) is 6.16. The van der Waals surface area contributed by atoms with E-state index in [-0.39, 0.29) is 5.92 Å². The molecule has 1 amide bonds. The van der Waals surface area contributed by atoms with Crippen molar-refractivity contribution in [3.05, 3.63) is 29.8 Å². The Morgan fingerprint density at radius 1 is 1.05 bits per heavy atom. The van der Waals surface area contributed by atoms with E-state index in [9.17, 15) is 4.79 Å². The maximum Gasteiger partial charge on any atom is 0.223 e. The first kappa shape index (κ1) is 14.1. The zero-order valence-corrected chi connectivity index (χ0v) is 13.3. The number of benzene rings is 1. The molecule has 3 heteroatoms. The van der Waals surface area contributed by atoms with E-state index in [0.29, 0.717) is 24.3 Å². The number of methoxy groups -OCH3 is 1. The second-order valence-electron chi connectivity index (χ2n) is 7.52. The number of hydrogen-bond donors (Lipinski definition) is 1. The van der Waals surface area contributed by atoms with Crippen LogP contribution in [0, 0.1) is 29.6 Å². The summed E-state index contributed by atoms with van der Waals surface area (Å²) in [6.07, 6.45) is 6.63. The lowest BCUT2D eigenvalue weighted by Gasteiger charge is -2.53. The van der Waals surface area contributed by atoms with E-state index < -0.39 is 0 Å².